The van der Waals surface area contributed by atoms with Crippen molar-refractivity contribution in [2.75, 3.05) is 0 Å². The van der Waals surface area contributed by atoms with Gasteiger partial charge in [-0.05, 0) is 105 Å². The number of fused-ring (bicyclic) bond motifs is 4. The fourth-order valence-electron chi connectivity index (χ4n) is 12.7. The third-order valence-electron chi connectivity index (χ3n) is 14.2. The standard InChI is InChI=1S/C30H48O5/c1-16-14-17-22(25(4,5)33)35-30(34-17)21(16)26(6)12-13-29-15-28(29)11-10-20(31)24(2,3)18(28)8-9-19(29)27(26,7)23(30)32/h16-23,31-33H,8-15H2,1-7H3/t16-,17-,18+,19+,20+,21-,22-,23-,26-,27-,28-,29+,30-/m0/s1. The maximum atomic E-state index is 12.5. The number of hydrogen-bond acceptors (Lipinski definition) is 5. The molecule has 5 aliphatic carbocycles. The molecule has 3 spiro atoms. The third-order valence-corrected chi connectivity index (χ3v) is 14.2. The lowest BCUT2D eigenvalue weighted by molar-refractivity contribution is -0.282. The molecule has 7 aliphatic rings. The number of hydrogen-bond donors (Lipinski definition) is 3. The van der Waals surface area contributed by atoms with E-state index in [9.17, 15) is 15.3 Å². The molecular formula is C30H48O5. The SMILES string of the molecule is C[C@H]1C[C@@H]2O[C@@]3(O[C@@H]2C(C)(C)O)[C@@H](O)[C@]2(C)[C@H]4CC[C@@H]5C(C)(C)[C@H](O)CC[C@]56C[C@]46CC[C@@]2(C)[C@H]13. The lowest BCUT2D eigenvalue weighted by atomic mass is 9.41. The van der Waals surface area contributed by atoms with Crippen LogP contribution in [0.15, 0.2) is 0 Å². The quantitative estimate of drug-likeness (QED) is 0.500. The Labute approximate surface area is 211 Å². The molecule has 2 heterocycles. The Morgan fingerprint density at radius 3 is 2.20 bits per heavy atom. The first-order chi connectivity index (χ1) is 16.1. The Balaban J connectivity index is 1.33. The van der Waals surface area contributed by atoms with Crippen LogP contribution in [0.4, 0.5) is 0 Å². The summed E-state index contributed by atoms with van der Waals surface area (Å²) in [6.07, 6.45) is 7.36. The summed E-state index contributed by atoms with van der Waals surface area (Å²) in [4.78, 5) is 0. The zero-order valence-corrected chi connectivity index (χ0v) is 22.9. The molecule has 35 heavy (non-hydrogen) atoms. The highest BCUT2D eigenvalue weighted by Crippen LogP contribution is 2.90. The monoisotopic (exact) mass is 488 g/mol. The van der Waals surface area contributed by atoms with Gasteiger partial charge in [-0.15, -0.1) is 0 Å². The Morgan fingerprint density at radius 2 is 1.51 bits per heavy atom. The van der Waals surface area contributed by atoms with E-state index in [2.05, 4.69) is 34.6 Å². The van der Waals surface area contributed by atoms with Crippen molar-refractivity contribution in [3.63, 3.8) is 0 Å². The molecular weight excluding hydrogens is 440 g/mol. The van der Waals surface area contributed by atoms with E-state index in [-0.39, 0.29) is 39.8 Å². The molecule has 0 aromatic rings. The van der Waals surface area contributed by atoms with E-state index in [1.165, 1.54) is 12.8 Å². The van der Waals surface area contributed by atoms with E-state index in [1.807, 2.05) is 13.8 Å². The lowest BCUT2D eigenvalue weighted by Gasteiger charge is -2.63. The number of aliphatic hydroxyl groups is 3. The van der Waals surface area contributed by atoms with Gasteiger partial charge >= 0.3 is 0 Å². The van der Waals surface area contributed by atoms with Gasteiger partial charge < -0.3 is 24.8 Å². The number of aliphatic hydroxyl groups excluding tert-OH is 2. The van der Waals surface area contributed by atoms with Crippen molar-refractivity contribution < 1.29 is 24.8 Å². The molecule has 2 bridgehead atoms. The van der Waals surface area contributed by atoms with Gasteiger partial charge in [0.15, 0.2) is 5.79 Å². The second-order valence-electron chi connectivity index (χ2n) is 15.9. The summed E-state index contributed by atoms with van der Waals surface area (Å²) in [7, 11) is 0. The summed E-state index contributed by atoms with van der Waals surface area (Å²) in [5.74, 6) is 0.523. The molecule has 0 aromatic heterocycles. The lowest BCUT2D eigenvalue weighted by Crippen LogP contribution is -2.60. The molecule has 198 valence electrons. The highest BCUT2D eigenvalue weighted by atomic mass is 16.8. The molecule has 2 saturated heterocycles. The molecule has 0 unspecified atom stereocenters. The number of rotatable bonds is 1. The summed E-state index contributed by atoms with van der Waals surface area (Å²) in [5.41, 5.74) is -0.788. The predicted molar refractivity (Wildman–Crippen MR) is 132 cm³/mol. The van der Waals surface area contributed by atoms with Crippen molar-refractivity contribution in [1.29, 1.82) is 0 Å². The molecule has 2 aliphatic heterocycles. The van der Waals surface area contributed by atoms with Crippen molar-refractivity contribution in [1.82, 2.24) is 0 Å². The molecule has 5 heteroatoms. The van der Waals surface area contributed by atoms with Crippen molar-refractivity contribution in [2.24, 2.45) is 50.7 Å². The molecule has 7 fully saturated rings. The molecule has 7 rings (SSSR count). The zero-order valence-electron chi connectivity index (χ0n) is 22.9. The van der Waals surface area contributed by atoms with Gasteiger partial charge in [-0.3, -0.25) is 0 Å². The van der Waals surface area contributed by atoms with E-state index in [1.54, 1.807) is 0 Å². The Hall–Kier alpha value is -0.200. The van der Waals surface area contributed by atoms with Crippen LogP contribution in [-0.2, 0) is 9.47 Å². The van der Waals surface area contributed by atoms with Crippen LogP contribution in [-0.4, -0.2) is 51.1 Å². The largest absolute Gasteiger partial charge is 0.393 e. The minimum absolute atomic E-state index is 0.0331. The van der Waals surface area contributed by atoms with Gasteiger partial charge in [-0.25, -0.2) is 0 Å². The van der Waals surface area contributed by atoms with Gasteiger partial charge in [0.1, 0.15) is 12.2 Å². The van der Waals surface area contributed by atoms with Gasteiger partial charge in [-0.2, -0.15) is 0 Å². The number of ether oxygens (including phenoxy) is 2. The molecule has 5 nitrogen and oxygen atoms in total. The average Bonchev–Trinajstić information content (AvgIpc) is 3.28. The van der Waals surface area contributed by atoms with Crippen molar-refractivity contribution in [2.45, 2.75) is 136 Å². The van der Waals surface area contributed by atoms with E-state index < -0.39 is 23.6 Å². The second kappa shape index (κ2) is 6.33. The minimum atomic E-state index is -1.01. The summed E-state index contributed by atoms with van der Waals surface area (Å²) >= 11 is 0. The van der Waals surface area contributed by atoms with E-state index in [4.69, 9.17) is 9.47 Å². The molecule has 5 saturated carbocycles. The smallest absolute Gasteiger partial charge is 0.199 e. The molecule has 0 aromatic carbocycles. The van der Waals surface area contributed by atoms with E-state index in [0.717, 1.165) is 38.5 Å². The Morgan fingerprint density at radius 1 is 0.857 bits per heavy atom. The van der Waals surface area contributed by atoms with Crippen LogP contribution in [0.25, 0.3) is 0 Å². The summed E-state index contributed by atoms with van der Waals surface area (Å²) < 4.78 is 13.6. The highest BCUT2D eigenvalue weighted by Gasteiger charge is 2.88. The van der Waals surface area contributed by atoms with Gasteiger partial charge in [0.25, 0.3) is 0 Å². The first kappa shape index (κ1) is 23.9. The molecule has 3 N–H and O–H groups in total. The van der Waals surface area contributed by atoms with Crippen LogP contribution in [0, 0.1) is 50.7 Å². The van der Waals surface area contributed by atoms with Crippen LogP contribution in [0.3, 0.4) is 0 Å². The average molecular weight is 489 g/mol. The maximum absolute atomic E-state index is 12.5. The molecule has 13 atom stereocenters. The van der Waals surface area contributed by atoms with Crippen LogP contribution >= 0.6 is 0 Å². The van der Waals surface area contributed by atoms with Gasteiger partial charge in [0, 0.05) is 11.3 Å². The highest BCUT2D eigenvalue weighted by molar-refractivity contribution is 5.34. The maximum Gasteiger partial charge on any atom is 0.199 e. The van der Waals surface area contributed by atoms with Crippen LogP contribution in [0.2, 0.25) is 0 Å². The fourth-order valence-corrected chi connectivity index (χ4v) is 12.7. The third kappa shape index (κ3) is 2.30. The summed E-state index contributed by atoms with van der Waals surface area (Å²) in [5, 5.41) is 34.4. The van der Waals surface area contributed by atoms with Crippen LogP contribution in [0.5, 0.6) is 0 Å². The van der Waals surface area contributed by atoms with Gasteiger partial charge in [0.2, 0.25) is 0 Å². The van der Waals surface area contributed by atoms with Gasteiger partial charge in [-0.1, -0.05) is 34.6 Å². The minimum Gasteiger partial charge on any atom is -0.393 e. The van der Waals surface area contributed by atoms with E-state index >= 15 is 0 Å². The Kier molecular flexibility index (Phi) is 4.32. The van der Waals surface area contributed by atoms with Crippen molar-refractivity contribution in [3.05, 3.63) is 0 Å². The second-order valence-corrected chi connectivity index (χ2v) is 15.9. The van der Waals surface area contributed by atoms with Crippen molar-refractivity contribution >= 4 is 0 Å². The van der Waals surface area contributed by atoms with Crippen molar-refractivity contribution in [3.8, 4) is 0 Å². The van der Waals surface area contributed by atoms with Crippen LogP contribution < -0.4 is 0 Å². The molecule has 0 amide bonds. The molecule has 0 radical (unpaired) electrons. The first-order valence-corrected chi connectivity index (χ1v) is 14.6. The Bertz CT molecular complexity index is 957. The fraction of sp³-hybridized carbons (Fsp3) is 1.00. The predicted octanol–water partition coefficient (Wildman–Crippen LogP) is 4.66. The normalized spacial score (nSPS) is 63.9. The van der Waals surface area contributed by atoms with Gasteiger partial charge in [0.05, 0.1) is 17.8 Å². The van der Waals surface area contributed by atoms with Crippen LogP contribution in [0.1, 0.15) is 99.8 Å². The first-order valence-electron chi connectivity index (χ1n) is 14.6. The summed E-state index contributed by atoms with van der Waals surface area (Å²) in [6.45, 7) is 15.4. The summed E-state index contributed by atoms with van der Waals surface area (Å²) in [6, 6.07) is 0. The zero-order chi connectivity index (χ0) is 25.2. The van der Waals surface area contributed by atoms with E-state index in [0.29, 0.717) is 23.2 Å². The topological polar surface area (TPSA) is 79.2 Å².